The number of hydrogen-bond donors (Lipinski definition) is 2. The van der Waals surface area contributed by atoms with Gasteiger partial charge >= 0.3 is 0 Å². The lowest BCUT2D eigenvalue weighted by atomic mass is 9.97. The van der Waals surface area contributed by atoms with Crippen molar-refractivity contribution in [3.8, 4) is 0 Å². The molecule has 0 fully saturated rings. The Balaban J connectivity index is 2.19. The number of rotatable bonds is 1. The van der Waals surface area contributed by atoms with Crippen molar-refractivity contribution in [3.05, 3.63) is 35.8 Å². The van der Waals surface area contributed by atoms with Crippen molar-refractivity contribution in [3.63, 3.8) is 0 Å². The first-order valence-corrected chi connectivity index (χ1v) is 3.93. The van der Waals surface area contributed by atoms with E-state index in [1.807, 2.05) is 24.3 Å². The monoisotopic (exact) mass is 165 g/mol. The number of aliphatic hydroxyl groups is 1. The van der Waals surface area contributed by atoms with E-state index >= 15 is 0 Å². The van der Waals surface area contributed by atoms with E-state index in [0.29, 0.717) is 5.76 Å². The molecule has 2 rings (SSSR count). The standard InChI is InChI=1S/C9H11NO2/c10-7-1-2-9-6(3-7)4-8(5-11)12-9/h1-4,6,9,11H,5,10H2. The highest BCUT2D eigenvalue weighted by Crippen LogP contribution is 2.28. The Hall–Kier alpha value is -1.22. The Morgan fingerprint density at radius 1 is 1.50 bits per heavy atom. The second-order valence-corrected chi connectivity index (χ2v) is 2.98. The summed E-state index contributed by atoms with van der Waals surface area (Å²) in [5, 5.41) is 8.81. The first-order valence-electron chi connectivity index (χ1n) is 3.93. The zero-order valence-corrected chi connectivity index (χ0v) is 6.60. The van der Waals surface area contributed by atoms with E-state index in [9.17, 15) is 0 Å². The van der Waals surface area contributed by atoms with Gasteiger partial charge in [-0.1, -0.05) is 6.08 Å². The Kier molecular flexibility index (Phi) is 1.66. The average molecular weight is 165 g/mol. The first kappa shape index (κ1) is 7.43. The summed E-state index contributed by atoms with van der Waals surface area (Å²) in [7, 11) is 0. The molecule has 3 N–H and O–H groups in total. The zero-order chi connectivity index (χ0) is 8.55. The quantitative estimate of drug-likeness (QED) is 0.587. The van der Waals surface area contributed by atoms with Gasteiger partial charge in [0.25, 0.3) is 0 Å². The Morgan fingerprint density at radius 3 is 3.08 bits per heavy atom. The molecule has 12 heavy (non-hydrogen) atoms. The molecule has 2 aliphatic rings. The third-order valence-electron chi connectivity index (χ3n) is 2.06. The molecule has 2 atom stereocenters. The van der Waals surface area contributed by atoms with Crippen LogP contribution in [0.4, 0.5) is 0 Å². The summed E-state index contributed by atoms with van der Waals surface area (Å²) < 4.78 is 5.39. The largest absolute Gasteiger partial charge is 0.488 e. The molecular formula is C9H11NO2. The molecule has 0 aromatic carbocycles. The molecule has 2 unspecified atom stereocenters. The second-order valence-electron chi connectivity index (χ2n) is 2.98. The van der Waals surface area contributed by atoms with Crippen molar-refractivity contribution in [2.75, 3.05) is 6.61 Å². The SMILES string of the molecule is NC1=CC2C=C(CO)OC2C=C1. The van der Waals surface area contributed by atoms with Crippen LogP contribution in [-0.4, -0.2) is 17.8 Å². The molecule has 0 radical (unpaired) electrons. The zero-order valence-electron chi connectivity index (χ0n) is 6.60. The van der Waals surface area contributed by atoms with Gasteiger partial charge in [-0.2, -0.15) is 0 Å². The van der Waals surface area contributed by atoms with Crippen molar-refractivity contribution in [2.45, 2.75) is 6.10 Å². The van der Waals surface area contributed by atoms with Crippen LogP contribution in [-0.2, 0) is 4.74 Å². The van der Waals surface area contributed by atoms with Crippen molar-refractivity contribution in [2.24, 2.45) is 11.7 Å². The Morgan fingerprint density at radius 2 is 2.33 bits per heavy atom. The Bertz CT molecular complexity index is 278. The van der Waals surface area contributed by atoms with Gasteiger partial charge in [0.15, 0.2) is 0 Å². The normalized spacial score (nSPS) is 32.1. The van der Waals surface area contributed by atoms with Crippen LogP contribution in [0.15, 0.2) is 35.8 Å². The maximum Gasteiger partial charge on any atom is 0.127 e. The minimum atomic E-state index is -0.0332. The van der Waals surface area contributed by atoms with Gasteiger partial charge in [0.05, 0.1) is 0 Å². The maximum atomic E-state index is 8.81. The van der Waals surface area contributed by atoms with E-state index < -0.39 is 0 Å². The molecule has 0 aromatic heterocycles. The molecule has 0 bridgehead atoms. The number of hydrogen-bond acceptors (Lipinski definition) is 3. The maximum absolute atomic E-state index is 8.81. The number of fused-ring (bicyclic) bond motifs is 1. The number of ether oxygens (including phenoxy) is 1. The third kappa shape index (κ3) is 1.12. The second kappa shape index (κ2) is 2.68. The molecule has 64 valence electrons. The molecule has 3 heteroatoms. The van der Waals surface area contributed by atoms with E-state index in [0.717, 1.165) is 5.70 Å². The van der Waals surface area contributed by atoms with E-state index in [4.69, 9.17) is 15.6 Å². The number of nitrogens with two attached hydrogens (primary N) is 1. The fourth-order valence-electron chi connectivity index (χ4n) is 1.49. The third-order valence-corrected chi connectivity index (χ3v) is 2.06. The minimum Gasteiger partial charge on any atom is -0.488 e. The fourth-order valence-corrected chi connectivity index (χ4v) is 1.49. The van der Waals surface area contributed by atoms with Crippen LogP contribution in [0.5, 0.6) is 0 Å². The molecule has 0 spiro atoms. The van der Waals surface area contributed by atoms with E-state index in [2.05, 4.69) is 0 Å². The van der Waals surface area contributed by atoms with Crippen LogP contribution in [0.1, 0.15) is 0 Å². The van der Waals surface area contributed by atoms with Crippen LogP contribution in [0.3, 0.4) is 0 Å². The lowest BCUT2D eigenvalue weighted by molar-refractivity contribution is 0.130. The number of allylic oxidation sites excluding steroid dienone is 1. The highest BCUT2D eigenvalue weighted by molar-refractivity contribution is 5.30. The van der Waals surface area contributed by atoms with Gasteiger partial charge in [0.2, 0.25) is 0 Å². The van der Waals surface area contributed by atoms with Crippen molar-refractivity contribution < 1.29 is 9.84 Å². The number of aliphatic hydroxyl groups excluding tert-OH is 1. The van der Waals surface area contributed by atoms with Crippen molar-refractivity contribution in [1.82, 2.24) is 0 Å². The van der Waals surface area contributed by atoms with Crippen LogP contribution in [0.2, 0.25) is 0 Å². The van der Waals surface area contributed by atoms with Gasteiger partial charge < -0.3 is 15.6 Å². The van der Waals surface area contributed by atoms with Crippen LogP contribution in [0, 0.1) is 5.92 Å². The van der Waals surface area contributed by atoms with E-state index in [1.54, 1.807) is 0 Å². The molecule has 1 heterocycles. The van der Waals surface area contributed by atoms with Gasteiger partial charge in [0.1, 0.15) is 18.5 Å². The van der Waals surface area contributed by atoms with Gasteiger partial charge in [-0.3, -0.25) is 0 Å². The van der Waals surface area contributed by atoms with Crippen LogP contribution < -0.4 is 5.73 Å². The van der Waals surface area contributed by atoms with Crippen LogP contribution in [0.25, 0.3) is 0 Å². The summed E-state index contributed by atoms with van der Waals surface area (Å²) in [4.78, 5) is 0. The molecule has 3 nitrogen and oxygen atoms in total. The van der Waals surface area contributed by atoms with Gasteiger partial charge in [-0.15, -0.1) is 0 Å². The topological polar surface area (TPSA) is 55.5 Å². The predicted molar refractivity (Wildman–Crippen MR) is 44.9 cm³/mol. The molecule has 0 amide bonds. The Labute approximate surface area is 70.8 Å². The lowest BCUT2D eigenvalue weighted by Crippen LogP contribution is -2.17. The smallest absolute Gasteiger partial charge is 0.127 e. The highest BCUT2D eigenvalue weighted by atomic mass is 16.5. The molecule has 1 aliphatic heterocycles. The first-order chi connectivity index (χ1) is 5.79. The summed E-state index contributed by atoms with van der Waals surface area (Å²) in [6.07, 6.45) is 7.63. The predicted octanol–water partition coefficient (Wildman–Crippen LogP) is 0.290. The lowest BCUT2D eigenvalue weighted by Gasteiger charge is -2.16. The summed E-state index contributed by atoms with van der Waals surface area (Å²) in [5.41, 5.74) is 6.36. The van der Waals surface area contributed by atoms with Crippen LogP contribution >= 0.6 is 0 Å². The van der Waals surface area contributed by atoms with Crippen molar-refractivity contribution >= 4 is 0 Å². The summed E-state index contributed by atoms with van der Waals surface area (Å²) in [5.74, 6) is 0.845. The summed E-state index contributed by atoms with van der Waals surface area (Å²) in [6.45, 7) is -0.0332. The summed E-state index contributed by atoms with van der Waals surface area (Å²) in [6, 6.07) is 0. The van der Waals surface area contributed by atoms with Crippen molar-refractivity contribution in [1.29, 1.82) is 0 Å². The summed E-state index contributed by atoms with van der Waals surface area (Å²) >= 11 is 0. The molecule has 1 aliphatic carbocycles. The minimum absolute atomic E-state index is 0.0332. The fraction of sp³-hybridized carbons (Fsp3) is 0.333. The molecule has 0 saturated carbocycles. The average Bonchev–Trinajstić information content (AvgIpc) is 2.46. The van der Waals surface area contributed by atoms with Gasteiger partial charge in [0, 0.05) is 11.6 Å². The van der Waals surface area contributed by atoms with Gasteiger partial charge in [-0.05, 0) is 18.2 Å². The van der Waals surface area contributed by atoms with Gasteiger partial charge in [-0.25, -0.2) is 0 Å². The highest BCUT2D eigenvalue weighted by Gasteiger charge is 2.26. The van der Waals surface area contributed by atoms with E-state index in [1.165, 1.54) is 0 Å². The molecular weight excluding hydrogens is 154 g/mol. The molecule has 0 aromatic rings. The van der Waals surface area contributed by atoms with E-state index in [-0.39, 0.29) is 18.6 Å². The molecule has 0 saturated heterocycles.